The van der Waals surface area contributed by atoms with Crippen molar-refractivity contribution in [1.29, 1.82) is 0 Å². The third-order valence-electron chi connectivity index (χ3n) is 3.47. The van der Waals surface area contributed by atoms with Crippen LogP contribution in [0.15, 0.2) is 59.0 Å². The van der Waals surface area contributed by atoms with E-state index in [4.69, 9.17) is 13.9 Å². The number of carbonyl (C=O) groups excluding carboxylic acids is 1. The molecule has 24 heavy (non-hydrogen) atoms. The van der Waals surface area contributed by atoms with Gasteiger partial charge in [0, 0.05) is 11.1 Å². The van der Waals surface area contributed by atoms with Gasteiger partial charge in [-0.25, -0.2) is 9.78 Å². The number of benzene rings is 2. The van der Waals surface area contributed by atoms with Gasteiger partial charge in [0.2, 0.25) is 5.89 Å². The third kappa shape index (κ3) is 3.15. The lowest BCUT2D eigenvalue weighted by Crippen LogP contribution is -2.06. The molecule has 0 N–H and O–H groups in total. The molecule has 0 bridgehead atoms. The molecule has 0 spiro atoms. The number of aromatic nitrogens is 1. The van der Waals surface area contributed by atoms with Crippen LogP contribution in [0.5, 0.6) is 5.75 Å². The van der Waals surface area contributed by atoms with Crippen molar-refractivity contribution in [3.63, 3.8) is 0 Å². The molecular formula is C19H17NO4. The first-order valence-electron chi connectivity index (χ1n) is 7.60. The van der Waals surface area contributed by atoms with Gasteiger partial charge >= 0.3 is 5.97 Å². The summed E-state index contributed by atoms with van der Waals surface area (Å²) in [5.74, 6) is 0.980. The van der Waals surface area contributed by atoms with Gasteiger partial charge in [-0.1, -0.05) is 18.2 Å². The lowest BCUT2D eigenvalue weighted by molar-refractivity contribution is 0.0520. The Balaban J connectivity index is 2.08. The fourth-order valence-electron chi connectivity index (χ4n) is 2.30. The summed E-state index contributed by atoms with van der Waals surface area (Å²) in [6.45, 7) is 2.03. The maximum atomic E-state index is 12.2. The second-order valence-electron chi connectivity index (χ2n) is 5.01. The molecule has 0 aliphatic heterocycles. The minimum Gasteiger partial charge on any atom is -0.497 e. The summed E-state index contributed by atoms with van der Waals surface area (Å²) in [7, 11) is 1.60. The van der Waals surface area contributed by atoms with Crippen molar-refractivity contribution in [3.8, 4) is 28.5 Å². The van der Waals surface area contributed by atoms with E-state index < -0.39 is 5.97 Å². The number of carbonyl (C=O) groups is 1. The highest BCUT2D eigenvalue weighted by atomic mass is 16.5. The van der Waals surface area contributed by atoms with E-state index in [9.17, 15) is 4.79 Å². The van der Waals surface area contributed by atoms with Crippen molar-refractivity contribution in [3.05, 3.63) is 60.3 Å². The Bertz CT molecular complexity index is 822. The van der Waals surface area contributed by atoms with Gasteiger partial charge in [-0.3, -0.25) is 0 Å². The number of oxazole rings is 1. The van der Waals surface area contributed by atoms with Gasteiger partial charge in [-0.05, 0) is 43.3 Å². The lowest BCUT2D eigenvalue weighted by atomic mass is 10.1. The first kappa shape index (κ1) is 15.8. The average molecular weight is 323 g/mol. The molecule has 0 saturated carbocycles. The van der Waals surface area contributed by atoms with Crippen molar-refractivity contribution in [2.45, 2.75) is 6.92 Å². The maximum Gasteiger partial charge on any atom is 0.361 e. The van der Waals surface area contributed by atoms with Crippen LogP contribution in [0.4, 0.5) is 0 Å². The molecule has 1 aromatic heterocycles. The molecular weight excluding hydrogens is 306 g/mol. The Morgan fingerprint density at radius 2 is 1.75 bits per heavy atom. The molecule has 3 rings (SSSR count). The average Bonchev–Trinajstić information content (AvgIpc) is 3.08. The van der Waals surface area contributed by atoms with Crippen LogP contribution in [0, 0.1) is 0 Å². The van der Waals surface area contributed by atoms with Gasteiger partial charge in [0.25, 0.3) is 0 Å². The zero-order chi connectivity index (χ0) is 16.9. The minimum absolute atomic E-state index is 0.167. The molecule has 0 unspecified atom stereocenters. The predicted molar refractivity (Wildman–Crippen MR) is 89.9 cm³/mol. The van der Waals surface area contributed by atoms with Crippen LogP contribution < -0.4 is 4.74 Å². The van der Waals surface area contributed by atoms with E-state index in [1.165, 1.54) is 0 Å². The molecule has 0 atom stereocenters. The lowest BCUT2D eigenvalue weighted by Gasteiger charge is -2.03. The monoisotopic (exact) mass is 323 g/mol. The minimum atomic E-state index is -0.505. The van der Waals surface area contributed by atoms with Gasteiger partial charge in [-0.15, -0.1) is 0 Å². The van der Waals surface area contributed by atoms with Gasteiger partial charge < -0.3 is 13.9 Å². The van der Waals surface area contributed by atoms with Crippen LogP contribution in [0.2, 0.25) is 0 Å². The molecule has 0 radical (unpaired) electrons. The second-order valence-corrected chi connectivity index (χ2v) is 5.01. The number of hydrogen-bond acceptors (Lipinski definition) is 5. The van der Waals surface area contributed by atoms with Crippen molar-refractivity contribution >= 4 is 5.97 Å². The van der Waals surface area contributed by atoms with Crippen LogP contribution in [-0.2, 0) is 4.74 Å². The summed E-state index contributed by atoms with van der Waals surface area (Å²) in [6.07, 6.45) is 0. The molecule has 5 nitrogen and oxygen atoms in total. The summed E-state index contributed by atoms with van der Waals surface area (Å²) >= 11 is 0. The van der Waals surface area contributed by atoms with E-state index in [2.05, 4.69) is 4.98 Å². The van der Waals surface area contributed by atoms with Gasteiger partial charge in [0.15, 0.2) is 11.5 Å². The normalized spacial score (nSPS) is 10.4. The number of esters is 1. The molecule has 1 heterocycles. The molecule has 0 saturated heterocycles. The highest BCUT2D eigenvalue weighted by Crippen LogP contribution is 2.31. The van der Waals surface area contributed by atoms with Gasteiger partial charge in [0.1, 0.15) is 5.75 Å². The number of ether oxygens (including phenoxy) is 2. The number of hydrogen-bond donors (Lipinski definition) is 0. The van der Waals surface area contributed by atoms with Crippen molar-refractivity contribution in [2.75, 3.05) is 13.7 Å². The molecule has 0 amide bonds. The van der Waals surface area contributed by atoms with E-state index in [0.717, 1.165) is 16.9 Å². The van der Waals surface area contributed by atoms with E-state index in [-0.39, 0.29) is 12.3 Å². The smallest absolute Gasteiger partial charge is 0.361 e. The van der Waals surface area contributed by atoms with Crippen LogP contribution in [0.3, 0.4) is 0 Å². The van der Waals surface area contributed by atoms with Gasteiger partial charge in [-0.2, -0.15) is 0 Å². The first-order chi connectivity index (χ1) is 11.7. The van der Waals surface area contributed by atoms with Crippen LogP contribution in [-0.4, -0.2) is 24.7 Å². The zero-order valence-corrected chi connectivity index (χ0v) is 13.5. The van der Waals surface area contributed by atoms with Crippen molar-refractivity contribution in [2.24, 2.45) is 0 Å². The summed E-state index contributed by atoms with van der Waals surface area (Å²) in [5.41, 5.74) is 1.69. The SMILES string of the molecule is CCOC(=O)c1nc(-c2ccccc2)oc1-c1ccc(OC)cc1. The van der Waals surface area contributed by atoms with E-state index in [1.807, 2.05) is 42.5 Å². The Kier molecular flexibility index (Phi) is 4.61. The Morgan fingerprint density at radius 1 is 1.04 bits per heavy atom. The highest BCUT2D eigenvalue weighted by molar-refractivity contribution is 5.94. The fraction of sp³-hybridized carbons (Fsp3) is 0.158. The standard InChI is InChI=1S/C19H17NO4/c1-3-23-19(21)16-17(13-9-11-15(22-2)12-10-13)24-18(20-16)14-7-5-4-6-8-14/h4-12H,3H2,1-2H3. The van der Waals surface area contributed by atoms with E-state index in [0.29, 0.717) is 11.7 Å². The first-order valence-corrected chi connectivity index (χ1v) is 7.60. The second kappa shape index (κ2) is 7.00. The molecule has 5 heteroatoms. The quantitative estimate of drug-likeness (QED) is 0.659. The molecule has 3 aromatic rings. The largest absolute Gasteiger partial charge is 0.497 e. The Labute approximate surface area is 139 Å². The number of methoxy groups -OCH3 is 1. The van der Waals surface area contributed by atoms with Crippen LogP contribution in [0.1, 0.15) is 17.4 Å². The van der Waals surface area contributed by atoms with Crippen LogP contribution >= 0.6 is 0 Å². The summed E-state index contributed by atoms with van der Waals surface area (Å²) in [4.78, 5) is 16.6. The Hall–Kier alpha value is -3.08. The highest BCUT2D eigenvalue weighted by Gasteiger charge is 2.23. The maximum absolute atomic E-state index is 12.2. The van der Waals surface area contributed by atoms with E-state index >= 15 is 0 Å². The molecule has 0 aliphatic carbocycles. The van der Waals surface area contributed by atoms with Crippen LogP contribution in [0.25, 0.3) is 22.8 Å². The zero-order valence-electron chi connectivity index (χ0n) is 13.5. The van der Waals surface area contributed by atoms with Crippen molar-refractivity contribution in [1.82, 2.24) is 4.98 Å². The predicted octanol–water partition coefficient (Wildman–Crippen LogP) is 4.19. The topological polar surface area (TPSA) is 61.6 Å². The van der Waals surface area contributed by atoms with Gasteiger partial charge in [0.05, 0.1) is 13.7 Å². The third-order valence-corrected chi connectivity index (χ3v) is 3.47. The molecule has 0 fully saturated rings. The summed E-state index contributed by atoms with van der Waals surface area (Å²) in [6, 6.07) is 16.7. The fourth-order valence-corrected chi connectivity index (χ4v) is 2.30. The van der Waals surface area contributed by atoms with Crippen molar-refractivity contribution < 1.29 is 18.7 Å². The molecule has 0 aliphatic rings. The van der Waals surface area contributed by atoms with E-state index in [1.54, 1.807) is 26.2 Å². The Morgan fingerprint density at radius 3 is 2.38 bits per heavy atom. The summed E-state index contributed by atoms with van der Waals surface area (Å²) in [5, 5.41) is 0. The number of rotatable bonds is 5. The molecule has 2 aromatic carbocycles. The number of nitrogens with zero attached hydrogens (tertiary/aromatic N) is 1. The summed E-state index contributed by atoms with van der Waals surface area (Å²) < 4.78 is 16.1. The molecule has 122 valence electrons.